The van der Waals surface area contributed by atoms with Gasteiger partial charge in [-0.25, -0.2) is 0 Å². The van der Waals surface area contributed by atoms with Gasteiger partial charge in [-0.05, 0) is 99.4 Å². The second kappa shape index (κ2) is 9.93. The van der Waals surface area contributed by atoms with Crippen LogP contribution in [0.3, 0.4) is 0 Å². The Balaban J connectivity index is 1.41. The van der Waals surface area contributed by atoms with E-state index in [1.54, 1.807) is 0 Å². The highest BCUT2D eigenvalue weighted by molar-refractivity contribution is 6.25. The molecule has 9 aromatic carbocycles. The first-order valence-corrected chi connectivity index (χ1v) is 15.3. The Hall–Kier alpha value is -5.72. The van der Waals surface area contributed by atoms with Crippen LogP contribution in [0.4, 0.5) is 0 Å². The van der Waals surface area contributed by atoms with Crippen LogP contribution < -0.4 is 0 Å². The fourth-order valence-corrected chi connectivity index (χ4v) is 7.30. The molecule has 0 aliphatic rings. The lowest BCUT2D eigenvalue weighted by atomic mass is 9.83. The highest BCUT2D eigenvalue weighted by Gasteiger charge is 2.19. The molecule has 0 N–H and O–H groups in total. The van der Waals surface area contributed by atoms with E-state index in [0.717, 1.165) is 0 Å². The third-order valence-electron chi connectivity index (χ3n) is 9.22. The van der Waals surface area contributed by atoms with Gasteiger partial charge in [0, 0.05) is 0 Å². The maximum absolute atomic E-state index is 2.40. The van der Waals surface area contributed by atoms with E-state index in [0.29, 0.717) is 0 Å². The molecule has 0 heterocycles. The van der Waals surface area contributed by atoms with Crippen molar-refractivity contribution in [3.05, 3.63) is 170 Å². The number of hydrogen-bond acceptors (Lipinski definition) is 0. The van der Waals surface area contributed by atoms with Gasteiger partial charge >= 0.3 is 0 Å². The molecule has 0 bridgehead atoms. The van der Waals surface area contributed by atoms with Crippen LogP contribution in [-0.2, 0) is 0 Å². The van der Waals surface area contributed by atoms with Crippen LogP contribution in [-0.4, -0.2) is 0 Å². The quantitative estimate of drug-likeness (QED) is 0.150. The van der Waals surface area contributed by atoms with Gasteiger partial charge < -0.3 is 0 Å². The van der Waals surface area contributed by atoms with E-state index in [4.69, 9.17) is 0 Å². The first-order valence-electron chi connectivity index (χ1n) is 15.3. The van der Waals surface area contributed by atoms with E-state index in [1.807, 2.05) is 0 Å². The predicted molar refractivity (Wildman–Crippen MR) is 190 cm³/mol. The van der Waals surface area contributed by atoms with E-state index < -0.39 is 0 Å². The van der Waals surface area contributed by atoms with Gasteiger partial charge in [-0.1, -0.05) is 158 Å². The number of fused-ring (bicyclic) bond motifs is 6. The monoisotopic (exact) mass is 556 g/mol. The van der Waals surface area contributed by atoms with Crippen molar-refractivity contribution in [3.8, 4) is 33.4 Å². The van der Waals surface area contributed by atoms with Crippen molar-refractivity contribution in [1.82, 2.24) is 0 Å². The molecular formula is C44H28. The largest absolute Gasteiger partial charge is 0.0622 e. The average molecular weight is 557 g/mol. The second-order valence-corrected chi connectivity index (χ2v) is 11.6. The summed E-state index contributed by atoms with van der Waals surface area (Å²) < 4.78 is 0. The topological polar surface area (TPSA) is 0 Å². The zero-order valence-electron chi connectivity index (χ0n) is 24.2. The van der Waals surface area contributed by atoms with E-state index in [1.165, 1.54) is 87.2 Å². The van der Waals surface area contributed by atoms with Crippen LogP contribution >= 0.6 is 0 Å². The molecule has 0 spiro atoms. The molecule has 0 atom stereocenters. The van der Waals surface area contributed by atoms with Crippen molar-refractivity contribution in [2.45, 2.75) is 0 Å². The smallest absolute Gasteiger partial charge is 0.00201 e. The van der Waals surface area contributed by atoms with Crippen molar-refractivity contribution >= 4 is 53.9 Å². The van der Waals surface area contributed by atoms with Crippen molar-refractivity contribution in [2.75, 3.05) is 0 Å². The summed E-state index contributed by atoms with van der Waals surface area (Å²) in [5.74, 6) is 0. The zero-order valence-corrected chi connectivity index (χ0v) is 24.2. The normalized spacial score (nSPS) is 11.6. The minimum Gasteiger partial charge on any atom is -0.0622 e. The summed E-state index contributed by atoms with van der Waals surface area (Å²) in [6.07, 6.45) is 0. The van der Waals surface area contributed by atoms with Crippen LogP contribution in [0.5, 0.6) is 0 Å². The van der Waals surface area contributed by atoms with Crippen molar-refractivity contribution in [3.63, 3.8) is 0 Å². The molecule has 9 aromatic rings. The van der Waals surface area contributed by atoms with Crippen LogP contribution in [0.1, 0.15) is 0 Å². The standard InChI is InChI=1S/C44H28/c1-2-13-29(14-3-1)42-28-32(27-31-16-5-7-18-34(31)42)43-38-19-8-10-21-40(38)44(41-22-11-9-20-39(41)43)37-24-12-23-35-33-17-6-4-15-30(33)25-26-36(35)37/h1-28H. The van der Waals surface area contributed by atoms with Crippen LogP contribution in [0.15, 0.2) is 170 Å². The lowest BCUT2D eigenvalue weighted by Gasteiger charge is -2.20. The van der Waals surface area contributed by atoms with Crippen molar-refractivity contribution in [2.24, 2.45) is 0 Å². The van der Waals surface area contributed by atoms with Crippen molar-refractivity contribution in [1.29, 1.82) is 0 Å². The first kappa shape index (κ1) is 24.8. The number of benzene rings is 9. The van der Waals surface area contributed by atoms with Gasteiger partial charge in [0.15, 0.2) is 0 Å². The highest BCUT2D eigenvalue weighted by Crippen LogP contribution is 2.47. The zero-order chi connectivity index (χ0) is 29.0. The molecule has 0 heteroatoms. The van der Waals surface area contributed by atoms with Crippen LogP contribution in [0.25, 0.3) is 87.2 Å². The third-order valence-corrected chi connectivity index (χ3v) is 9.22. The molecule has 0 saturated carbocycles. The predicted octanol–water partition coefficient (Wildman–Crippen LogP) is 12.5. The van der Waals surface area contributed by atoms with Gasteiger partial charge in [-0.3, -0.25) is 0 Å². The summed E-state index contributed by atoms with van der Waals surface area (Å²) in [6, 6.07) is 62.3. The fourth-order valence-electron chi connectivity index (χ4n) is 7.30. The molecule has 44 heavy (non-hydrogen) atoms. The number of rotatable bonds is 3. The molecular weight excluding hydrogens is 528 g/mol. The molecule has 0 aromatic heterocycles. The Morgan fingerprint density at radius 3 is 1.48 bits per heavy atom. The van der Waals surface area contributed by atoms with Gasteiger partial charge in [0.1, 0.15) is 0 Å². The molecule has 0 aliphatic heterocycles. The summed E-state index contributed by atoms with van der Waals surface area (Å²) in [7, 11) is 0. The molecule has 0 nitrogen and oxygen atoms in total. The Morgan fingerprint density at radius 1 is 0.227 bits per heavy atom. The van der Waals surface area contributed by atoms with Gasteiger partial charge in [0.05, 0.1) is 0 Å². The molecule has 0 saturated heterocycles. The van der Waals surface area contributed by atoms with Gasteiger partial charge in [-0.2, -0.15) is 0 Å². The maximum Gasteiger partial charge on any atom is -0.00201 e. The van der Waals surface area contributed by atoms with Gasteiger partial charge in [0.2, 0.25) is 0 Å². The molecule has 9 rings (SSSR count). The lowest BCUT2D eigenvalue weighted by molar-refractivity contribution is 1.64. The lowest BCUT2D eigenvalue weighted by Crippen LogP contribution is -1.93. The Bertz CT molecular complexity index is 2480. The minimum atomic E-state index is 1.23. The van der Waals surface area contributed by atoms with E-state index in [9.17, 15) is 0 Å². The molecule has 0 unspecified atom stereocenters. The van der Waals surface area contributed by atoms with Gasteiger partial charge in [0.25, 0.3) is 0 Å². The SMILES string of the molecule is c1ccc(-c2cc(-c3c4ccccc4c(-c4cccc5c4ccc4ccccc45)c4ccccc34)cc3ccccc23)cc1. The molecule has 0 radical (unpaired) electrons. The molecule has 0 fully saturated rings. The van der Waals surface area contributed by atoms with E-state index in [2.05, 4.69) is 170 Å². The average Bonchev–Trinajstić information content (AvgIpc) is 3.10. The van der Waals surface area contributed by atoms with Gasteiger partial charge in [-0.15, -0.1) is 0 Å². The summed E-state index contributed by atoms with van der Waals surface area (Å²) in [4.78, 5) is 0. The summed E-state index contributed by atoms with van der Waals surface area (Å²) in [5, 5.41) is 12.8. The Labute approximate surface area is 256 Å². The van der Waals surface area contributed by atoms with E-state index >= 15 is 0 Å². The molecule has 0 aliphatic carbocycles. The Morgan fingerprint density at radius 2 is 0.773 bits per heavy atom. The molecule has 0 amide bonds. The first-order chi connectivity index (χ1) is 21.8. The molecule has 204 valence electrons. The van der Waals surface area contributed by atoms with Crippen LogP contribution in [0, 0.1) is 0 Å². The summed E-state index contributed by atoms with van der Waals surface area (Å²) in [5.41, 5.74) is 7.59. The fraction of sp³-hybridized carbons (Fsp3) is 0. The Kier molecular flexibility index (Phi) is 5.61. The number of hydrogen-bond donors (Lipinski definition) is 0. The maximum atomic E-state index is 2.40. The summed E-state index contributed by atoms with van der Waals surface area (Å²) in [6.45, 7) is 0. The van der Waals surface area contributed by atoms with E-state index in [-0.39, 0.29) is 0 Å². The van der Waals surface area contributed by atoms with Crippen LogP contribution in [0.2, 0.25) is 0 Å². The minimum absolute atomic E-state index is 1.23. The highest BCUT2D eigenvalue weighted by atomic mass is 14.2. The van der Waals surface area contributed by atoms with Crippen molar-refractivity contribution < 1.29 is 0 Å². The second-order valence-electron chi connectivity index (χ2n) is 11.6. The summed E-state index contributed by atoms with van der Waals surface area (Å²) >= 11 is 0. The third kappa shape index (κ3) is 3.78.